The summed E-state index contributed by atoms with van der Waals surface area (Å²) in [4.78, 5) is 4.13. The Balaban J connectivity index is 2.49. The molecule has 2 nitrogen and oxygen atoms in total. The molecular formula is C5H5N2S3. The van der Waals surface area contributed by atoms with Crippen molar-refractivity contribution in [3.8, 4) is 0 Å². The van der Waals surface area contributed by atoms with Gasteiger partial charge in [0.15, 0.2) is 4.34 Å². The van der Waals surface area contributed by atoms with Gasteiger partial charge in [-0.3, -0.25) is 0 Å². The largest absolute Gasteiger partial charge is 0.213 e. The van der Waals surface area contributed by atoms with Crippen LogP contribution in [0.2, 0.25) is 0 Å². The van der Waals surface area contributed by atoms with Gasteiger partial charge in [-0.2, -0.15) is 4.37 Å². The molecule has 1 aromatic heterocycles. The summed E-state index contributed by atoms with van der Waals surface area (Å²) in [6.07, 6.45) is 0. The molecule has 1 rings (SSSR count). The van der Waals surface area contributed by atoms with E-state index in [-0.39, 0.29) is 0 Å². The minimum absolute atomic E-state index is 0.712. The van der Waals surface area contributed by atoms with Crippen molar-refractivity contribution in [1.82, 2.24) is 9.36 Å². The lowest BCUT2D eigenvalue weighted by Crippen LogP contribution is -1.76. The van der Waals surface area contributed by atoms with Gasteiger partial charge in [-0.15, -0.1) is 0 Å². The fourth-order valence-corrected chi connectivity index (χ4v) is 1.91. The highest BCUT2D eigenvalue weighted by Crippen LogP contribution is 2.18. The van der Waals surface area contributed by atoms with Crippen molar-refractivity contribution in [3.63, 3.8) is 0 Å². The van der Waals surface area contributed by atoms with Crippen LogP contribution in [0.4, 0.5) is 0 Å². The van der Waals surface area contributed by atoms with E-state index in [1.54, 1.807) is 11.8 Å². The first-order valence-corrected chi connectivity index (χ1v) is 4.78. The highest BCUT2D eigenvalue weighted by Gasteiger charge is 1.97. The van der Waals surface area contributed by atoms with Crippen LogP contribution in [-0.2, 0) is 0 Å². The van der Waals surface area contributed by atoms with Crippen molar-refractivity contribution in [2.75, 3.05) is 5.75 Å². The summed E-state index contributed by atoms with van der Waals surface area (Å²) in [6.45, 7) is 1.88. The molecule has 0 aliphatic heterocycles. The predicted molar refractivity (Wildman–Crippen MR) is 48.0 cm³/mol. The van der Waals surface area contributed by atoms with Gasteiger partial charge in [0.25, 0.3) is 0 Å². The van der Waals surface area contributed by atoms with Gasteiger partial charge in [0, 0.05) is 11.1 Å². The van der Waals surface area contributed by atoms with E-state index in [4.69, 9.17) is 0 Å². The zero-order chi connectivity index (χ0) is 7.40. The van der Waals surface area contributed by atoms with E-state index in [2.05, 4.69) is 26.9 Å². The van der Waals surface area contributed by atoms with Gasteiger partial charge in [-0.25, -0.2) is 4.98 Å². The van der Waals surface area contributed by atoms with E-state index in [0.717, 1.165) is 10.2 Å². The van der Waals surface area contributed by atoms with Gasteiger partial charge < -0.3 is 0 Å². The van der Waals surface area contributed by atoms with Crippen LogP contribution in [0.25, 0.3) is 0 Å². The van der Waals surface area contributed by atoms with Gasteiger partial charge in [0.2, 0.25) is 0 Å². The van der Waals surface area contributed by atoms with Crippen molar-refractivity contribution < 1.29 is 0 Å². The average molecular weight is 189 g/mol. The molecular weight excluding hydrogens is 184 g/mol. The summed E-state index contributed by atoms with van der Waals surface area (Å²) in [5, 5.41) is 2.61. The summed E-state index contributed by atoms with van der Waals surface area (Å²) in [6, 6.07) is 0. The molecule has 0 bridgehead atoms. The van der Waals surface area contributed by atoms with Crippen LogP contribution in [0.15, 0.2) is 4.34 Å². The third kappa shape index (κ3) is 2.32. The number of rotatable bonds is 3. The lowest BCUT2D eigenvalue weighted by Gasteiger charge is -1.83. The minimum atomic E-state index is 0.712. The van der Waals surface area contributed by atoms with Crippen LogP contribution in [0, 0.1) is 6.92 Å². The van der Waals surface area contributed by atoms with Gasteiger partial charge in [0.1, 0.15) is 5.82 Å². The normalized spacial score (nSPS) is 9.70. The third-order valence-corrected chi connectivity index (χ3v) is 2.90. The van der Waals surface area contributed by atoms with Crippen LogP contribution >= 0.6 is 35.5 Å². The Labute approximate surface area is 73.2 Å². The first-order valence-electron chi connectivity index (χ1n) is 2.61. The SMILES string of the molecule is Cc1nsc(SC[C]=S)n1. The molecule has 5 heteroatoms. The Hall–Kier alpha value is -0.0000000000000000555. The second-order valence-electron chi connectivity index (χ2n) is 1.54. The average Bonchev–Trinajstić information content (AvgIpc) is 2.31. The van der Waals surface area contributed by atoms with Crippen LogP contribution in [0.5, 0.6) is 0 Å². The Morgan fingerprint density at radius 3 is 3.10 bits per heavy atom. The Morgan fingerprint density at radius 1 is 1.80 bits per heavy atom. The molecule has 0 unspecified atom stereocenters. The van der Waals surface area contributed by atoms with Crippen LogP contribution in [-0.4, -0.2) is 20.5 Å². The molecule has 1 radical (unpaired) electrons. The highest BCUT2D eigenvalue weighted by molar-refractivity contribution is 8.02. The van der Waals surface area contributed by atoms with Crippen LogP contribution in [0.1, 0.15) is 5.82 Å². The van der Waals surface area contributed by atoms with Crippen molar-refractivity contribution in [2.45, 2.75) is 11.3 Å². The molecule has 0 spiro atoms. The molecule has 0 aliphatic rings. The zero-order valence-electron chi connectivity index (χ0n) is 5.33. The maximum Gasteiger partial charge on any atom is 0.170 e. The maximum atomic E-state index is 4.54. The molecule has 0 amide bonds. The quantitative estimate of drug-likeness (QED) is 0.535. The molecule has 1 aromatic rings. The lowest BCUT2D eigenvalue weighted by atomic mass is 10.8. The molecule has 0 saturated heterocycles. The summed E-state index contributed by atoms with van der Waals surface area (Å²) in [7, 11) is 0. The molecule has 10 heavy (non-hydrogen) atoms. The Morgan fingerprint density at radius 2 is 2.60 bits per heavy atom. The number of nitrogens with zero attached hydrogens (tertiary/aromatic N) is 2. The number of hydrogen-bond acceptors (Lipinski definition) is 5. The van der Waals surface area contributed by atoms with Crippen molar-refractivity contribution >= 4 is 40.9 Å². The van der Waals surface area contributed by atoms with E-state index in [9.17, 15) is 0 Å². The maximum absolute atomic E-state index is 4.54. The summed E-state index contributed by atoms with van der Waals surface area (Å²) in [5.41, 5.74) is 0. The number of thioether (sulfide) groups is 1. The fourth-order valence-electron chi connectivity index (χ4n) is 0.428. The predicted octanol–water partition coefficient (Wildman–Crippen LogP) is 1.82. The van der Waals surface area contributed by atoms with Gasteiger partial charge in [0.05, 0.1) is 0 Å². The zero-order valence-corrected chi connectivity index (χ0v) is 7.78. The number of aryl methyl sites for hydroxylation is 1. The van der Waals surface area contributed by atoms with Crippen LogP contribution in [0.3, 0.4) is 0 Å². The van der Waals surface area contributed by atoms with E-state index in [1.807, 2.05) is 6.92 Å². The van der Waals surface area contributed by atoms with E-state index < -0.39 is 0 Å². The lowest BCUT2D eigenvalue weighted by molar-refractivity contribution is 1.10. The van der Waals surface area contributed by atoms with Crippen molar-refractivity contribution in [2.24, 2.45) is 0 Å². The summed E-state index contributed by atoms with van der Waals surface area (Å²) in [5.74, 6) is 1.54. The Bertz CT molecular complexity index is 220. The highest BCUT2D eigenvalue weighted by atomic mass is 32.2. The summed E-state index contributed by atoms with van der Waals surface area (Å²) >= 11 is 7.52. The molecule has 0 fully saturated rings. The second-order valence-corrected chi connectivity index (χ2v) is 3.80. The van der Waals surface area contributed by atoms with Gasteiger partial charge >= 0.3 is 0 Å². The molecule has 1 heterocycles. The number of hydrogen-bond donors (Lipinski definition) is 0. The fraction of sp³-hybridized carbons (Fsp3) is 0.400. The molecule has 53 valence electrons. The summed E-state index contributed by atoms with van der Waals surface area (Å²) < 4.78 is 4.98. The Kier molecular flexibility index (Phi) is 3.24. The topological polar surface area (TPSA) is 25.8 Å². The van der Waals surface area contributed by atoms with Gasteiger partial charge in [-0.05, 0) is 18.5 Å². The standard InChI is InChI=1S/C5H5N2S3/c1-4-6-5(10-7-4)9-3-2-8/h3H2,1H3. The monoisotopic (exact) mass is 189 g/mol. The van der Waals surface area contributed by atoms with Gasteiger partial charge in [-0.1, -0.05) is 24.0 Å². The third-order valence-electron chi connectivity index (χ3n) is 0.764. The molecule has 0 N–H and O–H groups in total. The minimum Gasteiger partial charge on any atom is -0.213 e. The van der Waals surface area contributed by atoms with Crippen molar-refractivity contribution in [1.29, 1.82) is 0 Å². The van der Waals surface area contributed by atoms with Crippen molar-refractivity contribution in [3.05, 3.63) is 5.82 Å². The van der Waals surface area contributed by atoms with E-state index in [0.29, 0.717) is 5.75 Å². The van der Waals surface area contributed by atoms with E-state index in [1.165, 1.54) is 11.5 Å². The first kappa shape index (κ1) is 8.10. The molecule has 0 atom stereocenters. The van der Waals surface area contributed by atoms with E-state index >= 15 is 0 Å². The number of aromatic nitrogens is 2. The van der Waals surface area contributed by atoms with Crippen LogP contribution < -0.4 is 0 Å². The second kappa shape index (κ2) is 4.00. The number of thiocarbonyl (C=S) groups is 1. The molecule has 0 aromatic carbocycles. The first-order chi connectivity index (χ1) is 4.83. The molecule has 0 aliphatic carbocycles. The molecule has 0 saturated carbocycles. The smallest absolute Gasteiger partial charge is 0.170 e.